The van der Waals surface area contributed by atoms with Gasteiger partial charge >= 0.3 is 0 Å². The molecule has 0 saturated carbocycles. The SMILES string of the molecule is CC(C#N)(c1ccccc1)n1ccnc1. The van der Waals surface area contributed by atoms with E-state index >= 15 is 0 Å². The summed E-state index contributed by atoms with van der Waals surface area (Å²) < 4.78 is 1.81. The third-order valence-corrected chi connectivity index (χ3v) is 2.57. The van der Waals surface area contributed by atoms with E-state index in [0.717, 1.165) is 5.56 Å². The van der Waals surface area contributed by atoms with Gasteiger partial charge in [-0.2, -0.15) is 5.26 Å². The molecule has 0 radical (unpaired) electrons. The summed E-state index contributed by atoms with van der Waals surface area (Å²) in [5.41, 5.74) is 0.281. The summed E-state index contributed by atoms with van der Waals surface area (Å²) in [6.07, 6.45) is 5.14. The van der Waals surface area contributed by atoms with E-state index in [-0.39, 0.29) is 0 Å². The summed E-state index contributed by atoms with van der Waals surface area (Å²) in [4.78, 5) is 3.97. The van der Waals surface area contributed by atoms with Crippen LogP contribution in [-0.2, 0) is 5.54 Å². The lowest BCUT2D eigenvalue weighted by atomic mass is 9.93. The summed E-state index contributed by atoms with van der Waals surface area (Å²) >= 11 is 0. The van der Waals surface area contributed by atoms with Gasteiger partial charge in [-0.15, -0.1) is 0 Å². The number of hydrogen-bond donors (Lipinski definition) is 0. The van der Waals surface area contributed by atoms with Gasteiger partial charge in [0.25, 0.3) is 0 Å². The molecule has 2 aromatic rings. The van der Waals surface area contributed by atoms with Crippen LogP contribution in [0.15, 0.2) is 49.1 Å². The van der Waals surface area contributed by atoms with Crippen LogP contribution in [0.1, 0.15) is 12.5 Å². The number of aromatic nitrogens is 2. The quantitative estimate of drug-likeness (QED) is 0.740. The summed E-state index contributed by atoms with van der Waals surface area (Å²) in [5, 5.41) is 9.31. The Kier molecular flexibility index (Phi) is 2.26. The summed E-state index contributed by atoms with van der Waals surface area (Å²) in [5.74, 6) is 0. The first kappa shape index (κ1) is 9.47. The Labute approximate surface area is 88.6 Å². The van der Waals surface area contributed by atoms with Crippen molar-refractivity contribution in [2.24, 2.45) is 0 Å². The highest BCUT2D eigenvalue weighted by atomic mass is 15.1. The average Bonchev–Trinajstić information content (AvgIpc) is 2.83. The van der Waals surface area contributed by atoms with Crippen molar-refractivity contribution in [2.75, 3.05) is 0 Å². The van der Waals surface area contributed by atoms with Gasteiger partial charge in [0.05, 0.1) is 12.4 Å². The number of imidazole rings is 1. The highest BCUT2D eigenvalue weighted by molar-refractivity contribution is 5.31. The molecule has 15 heavy (non-hydrogen) atoms. The van der Waals surface area contributed by atoms with Gasteiger partial charge < -0.3 is 4.57 Å². The fourth-order valence-electron chi connectivity index (χ4n) is 1.56. The molecule has 0 aliphatic carbocycles. The van der Waals surface area contributed by atoms with Gasteiger partial charge in [0.15, 0.2) is 5.54 Å². The monoisotopic (exact) mass is 197 g/mol. The van der Waals surface area contributed by atoms with E-state index < -0.39 is 5.54 Å². The maximum absolute atomic E-state index is 9.31. The normalized spacial score (nSPS) is 14.1. The number of hydrogen-bond acceptors (Lipinski definition) is 2. The van der Waals surface area contributed by atoms with Crippen molar-refractivity contribution >= 4 is 0 Å². The Hall–Kier alpha value is -2.08. The van der Waals surface area contributed by atoms with Crippen LogP contribution < -0.4 is 0 Å². The molecular formula is C12H11N3. The predicted octanol–water partition coefficient (Wildman–Crippen LogP) is 2.17. The zero-order valence-electron chi connectivity index (χ0n) is 8.46. The van der Waals surface area contributed by atoms with Gasteiger partial charge in [-0.25, -0.2) is 4.98 Å². The lowest BCUT2D eigenvalue weighted by Gasteiger charge is -2.23. The molecule has 2 rings (SSSR count). The zero-order chi connectivity index (χ0) is 10.7. The Morgan fingerprint density at radius 2 is 2.07 bits per heavy atom. The maximum atomic E-state index is 9.31. The first-order valence-corrected chi connectivity index (χ1v) is 4.72. The highest BCUT2D eigenvalue weighted by Gasteiger charge is 2.27. The van der Waals surface area contributed by atoms with Crippen molar-refractivity contribution in [1.82, 2.24) is 9.55 Å². The van der Waals surface area contributed by atoms with Crippen LogP contribution in [0, 0.1) is 11.3 Å². The molecule has 0 bridgehead atoms. The van der Waals surface area contributed by atoms with E-state index in [1.54, 1.807) is 18.7 Å². The van der Waals surface area contributed by atoms with Gasteiger partial charge in [-0.05, 0) is 12.5 Å². The third-order valence-electron chi connectivity index (χ3n) is 2.57. The molecule has 0 aliphatic rings. The fraction of sp³-hybridized carbons (Fsp3) is 0.167. The minimum atomic E-state index is -0.683. The molecule has 1 atom stereocenters. The molecule has 1 aromatic carbocycles. The first-order valence-electron chi connectivity index (χ1n) is 4.72. The van der Waals surface area contributed by atoms with Crippen molar-refractivity contribution in [3.63, 3.8) is 0 Å². The molecule has 1 aromatic heterocycles. The van der Waals surface area contributed by atoms with Gasteiger partial charge in [0.1, 0.15) is 0 Å². The van der Waals surface area contributed by atoms with Gasteiger partial charge in [-0.3, -0.25) is 0 Å². The minimum Gasteiger partial charge on any atom is -0.314 e. The number of nitriles is 1. The van der Waals surface area contributed by atoms with Crippen molar-refractivity contribution < 1.29 is 0 Å². The number of rotatable bonds is 2. The topological polar surface area (TPSA) is 41.6 Å². The van der Waals surface area contributed by atoms with Crippen LogP contribution in [0.3, 0.4) is 0 Å². The number of benzene rings is 1. The molecule has 3 heteroatoms. The Balaban J connectivity index is 2.53. The summed E-state index contributed by atoms with van der Waals surface area (Å²) in [6.45, 7) is 1.88. The van der Waals surface area contributed by atoms with Gasteiger partial charge in [-0.1, -0.05) is 30.3 Å². The molecule has 3 nitrogen and oxygen atoms in total. The molecule has 0 amide bonds. The lowest BCUT2D eigenvalue weighted by Crippen LogP contribution is -2.28. The molecule has 0 fully saturated rings. The number of nitrogens with zero attached hydrogens (tertiary/aromatic N) is 3. The van der Waals surface area contributed by atoms with Crippen LogP contribution in [0.4, 0.5) is 0 Å². The van der Waals surface area contributed by atoms with Crippen molar-refractivity contribution in [3.05, 3.63) is 54.6 Å². The molecule has 0 saturated heterocycles. The second-order valence-electron chi connectivity index (χ2n) is 3.52. The van der Waals surface area contributed by atoms with Crippen molar-refractivity contribution in [3.8, 4) is 6.07 Å². The van der Waals surface area contributed by atoms with Crippen LogP contribution >= 0.6 is 0 Å². The van der Waals surface area contributed by atoms with Crippen LogP contribution in [-0.4, -0.2) is 9.55 Å². The Bertz CT molecular complexity index is 467. The van der Waals surface area contributed by atoms with Crippen molar-refractivity contribution in [2.45, 2.75) is 12.5 Å². The first-order chi connectivity index (χ1) is 7.27. The highest BCUT2D eigenvalue weighted by Crippen LogP contribution is 2.24. The van der Waals surface area contributed by atoms with Crippen LogP contribution in [0.25, 0.3) is 0 Å². The standard InChI is InChI=1S/C12H11N3/c1-12(9-13,15-8-7-14-10-15)11-5-3-2-4-6-11/h2-8,10H,1H3. The van der Waals surface area contributed by atoms with E-state index in [1.165, 1.54) is 0 Å². The fourth-order valence-corrected chi connectivity index (χ4v) is 1.56. The smallest absolute Gasteiger partial charge is 0.155 e. The van der Waals surface area contributed by atoms with Gasteiger partial charge in [0, 0.05) is 12.4 Å². The molecule has 0 spiro atoms. The molecule has 0 aliphatic heterocycles. The van der Waals surface area contributed by atoms with Gasteiger partial charge in [0.2, 0.25) is 0 Å². The molecule has 0 N–H and O–H groups in total. The van der Waals surface area contributed by atoms with E-state index in [2.05, 4.69) is 11.1 Å². The third kappa shape index (κ3) is 1.50. The largest absolute Gasteiger partial charge is 0.314 e. The Morgan fingerprint density at radius 3 is 2.60 bits per heavy atom. The van der Waals surface area contributed by atoms with Crippen LogP contribution in [0.2, 0.25) is 0 Å². The molecule has 1 heterocycles. The molecule has 74 valence electrons. The van der Waals surface area contributed by atoms with E-state index in [4.69, 9.17) is 0 Å². The average molecular weight is 197 g/mol. The van der Waals surface area contributed by atoms with E-state index in [1.807, 2.05) is 41.8 Å². The second kappa shape index (κ2) is 3.58. The van der Waals surface area contributed by atoms with E-state index in [0.29, 0.717) is 0 Å². The summed E-state index contributed by atoms with van der Waals surface area (Å²) in [6, 6.07) is 12.0. The second-order valence-corrected chi connectivity index (χ2v) is 3.52. The molecule has 1 unspecified atom stereocenters. The predicted molar refractivity (Wildman–Crippen MR) is 57.0 cm³/mol. The lowest BCUT2D eigenvalue weighted by molar-refractivity contribution is 0.508. The summed E-state index contributed by atoms with van der Waals surface area (Å²) in [7, 11) is 0. The van der Waals surface area contributed by atoms with Crippen molar-refractivity contribution in [1.29, 1.82) is 5.26 Å². The zero-order valence-corrected chi connectivity index (χ0v) is 8.46. The minimum absolute atomic E-state index is 0.683. The van der Waals surface area contributed by atoms with E-state index in [9.17, 15) is 5.26 Å². The van der Waals surface area contributed by atoms with Crippen LogP contribution in [0.5, 0.6) is 0 Å². The maximum Gasteiger partial charge on any atom is 0.155 e. The molecular weight excluding hydrogens is 186 g/mol. The Morgan fingerprint density at radius 1 is 1.33 bits per heavy atom.